The molecule has 2 N–H and O–H groups in total. The van der Waals surface area contributed by atoms with Crippen molar-refractivity contribution in [2.75, 3.05) is 18.0 Å². The highest BCUT2D eigenvalue weighted by Gasteiger charge is 2.34. The van der Waals surface area contributed by atoms with Crippen molar-refractivity contribution in [3.63, 3.8) is 0 Å². The first-order chi connectivity index (χ1) is 19.3. The predicted molar refractivity (Wildman–Crippen MR) is 165 cm³/mol. The topological polar surface area (TPSA) is 102 Å². The van der Waals surface area contributed by atoms with Crippen LogP contribution in [0.3, 0.4) is 0 Å². The molecule has 1 aromatic heterocycles. The number of esters is 1. The van der Waals surface area contributed by atoms with Crippen molar-refractivity contribution in [1.82, 2.24) is 10.3 Å². The van der Waals surface area contributed by atoms with Gasteiger partial charge in [0.2, 0.25) is 9.70 Å². The average molecular weight is 624 g/mol. The van der Waals surface area contributed by atoms with Gasteiger partial charge in [0.25, 0.3) is 0 Å². The maximum absolute atomic E-state index is 12.7. The predicted octanol–water partition coefficient (Wildman–Crippen LogP) is 6.93. The van der Waals surface area contributed by atoms with Crippen LogP contribution >= 0.6 is 46.6 Å². The summed E-state index contributed by atoms with van der Waals surface area (Å²) in [5, 5.41) is 7.01. The fourth-order valence-electron chi connectivity index (χ4n) is 3.28. The Balaban J connectivity index is 1.77. The SMILES string of the molecule is CCCCC(=O)OCOCSC(=NC(NC(=O)/C=C/c1ccccc1)C(Cl)(Cl)Cl)Nc1cccc2cccnc12. The normalized spacial score (nSPS) is 12.8. The second-order valence-electron chi connectivity index (χ2n) is 8.34. The maximum Gasteiger partial charge on any atom is 0.307 e. The van der Waals surface area contributed by atoms with Crippen molar-refractivity contribution < 1.29 is 19.1 Å². The number of fused-ring (bicyclic) bond motifs is 1. The second kappa shape index (κ2) is 16.4. The molecule has 0 spiro atoms. The van der Waals surface area contributed by atoms with Crippen molar-refractivity contribution in [2.24, 2.45) is 4.99 Å². The Hall–Kier alpha value is -2.82. The molecule has 1 heterocycles. The van der Waals surface area contributed by atoms with Gasteiger partial charge < -0.3 is 20.1 Å². The highest BCUT2D eigenvalue weighted by Crippen LogP contribution is 2.32. The molecule has 40 heavy (non-hydrogen) atoms. The number of halogens is 3. The van der Waals surface area contributed by atoms with Crippen LogP contribution in [0.1, 0.15) is 31.7 Å². The first-order valence-corrected chi connectivity index (χ1v) is 14.5. The van der Waals surface area contributed by atoms with E-state index in [4.69, 9.17) is 44.3 Å². The minimum Gasteiger partial charge on any atom is -0.438 e. The van der Waals surface area contributed by atoms with E-state index < -0.39 is 15.9 Å². The van der Waals surface area contributed by atoms with E-state index in [-0.39, 0.29) is 23.9 Å². The molecule has 0 aliphatic heterocycles. The molecule has 8 nitrogen and oxygen atoms in total. The summed E-state index contributed by atoms with van der Waals surface area (Å²) >= 11 is 19.8. The number of benzene rings is 2. The number of hydrogen-bond donors (Lipinski definition) is 2. The number of nitrogens with zero attached hydrogens (tertiary/aromatic N) is 2. The van der Waals surface area contributed by atoms with E-state index in [1.54, 1.807) is 12.3 Å². The van der Waals surface area contributed by atoms with Crippen LogP contribution in [-0.4, -0.2) is 44.7 Å². The average Bonchev–Trinajstić information content (AvgIpc) is 2.94. The smallest absolute Gasteiger partial charge is 0.307 e. The first-order valence-electron chi connectivity index (χ1n) is 12.4. The van der Waals surface area contributed by atoms with Gasteiger partial charge in [0.1, 0.15) is 5.94 Å². The molecule has 1 atom stereocenters. The summed E-state index contributed by atoms with van der Waals surface area (Å²) in [4.78, 5) is 33.4. The molecule has 0 aliphatic rings. The molecule has 0 bridgehead atoms. The first kappa shape index (κ1) is 31.7. The van der Waals surface area contributed by atoms with Gasteiger partial charge in [0, 0.05) is 24.1 Å². The largest absolute Gasteiger partial charge is 0.438 e. The van der Waals surface area contributed by atoms with Gasteiger partial charge in [-0.15, -0.1) is 0 Å². The summed E-state index contributed by atoms with van der Waals surface area (Å²) < 4.78 is 8.57. The molecular weight excluding hydrogens is 595 g/mol. The Labute approximate surface area is 252 Å². The number of carbonyl (C=O) groups is 2. The lowest BCUT2D eigenvalue weighted by molar-refractivity contribution is -0.154. The van der Waals surface area contributed by atoms with Gasteiger partial charge in [-0.2, -0.15) is 0 Å². The molecular formula is C28H29Cl3N4O4S. The van der Waals surface area contributed by atoms with Crippen LogP contribution in [0.5, 0.6) is 0 Å². The highest BCUT2D eigenvalue weighted by atomic mass is 35.6. The van der Waals surface area contributed by atoms with Gasteiger partial charge in [-0.3, -0.25) is 14.6 Å². The van der Waals surface area contributed by atoms with E-state index in [1.165, 1.54) is 6.08 Å². The van der Waals surface area contributed by atoms with Gasteiger partial charge in [-0.25, -0.2) is 4.99 Å². The zero-order valence-corrected chi connectivity index (χ0v) is 24.8. The van der Waals surface area contributed by atoms with Crippen LogP contribution < -0.4 is 10.6 Å². The molecule has 0 saturated heterocycles. The van der Waals surface area contributed by atoms with Gasteiger partial charge in [-0.1, -0.05) is 108 Å². The number of amides is 1. The molecule has 1 unspecified atom stereocenters. The van der Waals surface area contributed by atoms with Crippen molar-refractivity contribution >= 4 is 86.3 Å². The molecule has 0 aliphatic carbocycles. The van der Waals surface area contributed by atoms with E-state index in [1.807, 2.05) is 67.6 Å². The number of thioether (sulfide) groups is 1. The zero-order chi connectivity index (χ0) is 28.8. The van der Waals surface area contributed by atoms with Gasteiger partial charge in [0.05, 0.1) is 11.2 Å². The van der Waals surface area contributed by atoms with Crippen LogP contribution in [0.2, 0.25) is 0 Å². The summed E-state index contributed by atoms with van der Waals surface area (Å²) in [6.07, 6.45) is 5.37. The molecule has 212 valence electrons. The number of rotatable bonds is 12. The number of para-hydroxylation sites is 1. The van der Waals surface area contributed by atoms with Gasteiger partial charge >= 0.3 is 5.97 Å². The standard InChI is InChI=1S/C28H29Cl3N4O4S/c1-2-3-14-24(37)39-18-38-19-40-27(33-22-13-7-11-21-12-8-17-32-25(21)22)35-26(28(29,30)31)34-23(36)16-15-20-9-5-4-6-10-20/h4-13,15-17,26H,2-3,14,18-19H2,1H3,(H,33,35)(H,34,36)/b16-15+. The molecule has 0 radical (unpaired) electrons. The minimum atomic E-state index is -1.98. The monoisotopic (exact) mass is 622 g/mol. The highest BCUT2D eigenvalue weighted by molar-refractivity contribution is 8.14. The van der Waals surface area contributed by atoms with E-state index in [2.05, 4.69) is 20.6 Å². The number of hydrogen-bond acceptors (Lipinski definition) is 7. The lowest BCUT2D eigenvalue weighted by Gasteiger charge is -2.23. The van der Waals surface area contributed by atoms with Crippen molar-refractivity contribution in [1.29, 1.82) is 0 Å². The van der Waals surface area contributed by atoms with Crippen LogP contribution in [0.4, 0.5) is 5.69 Å². The fraction of sp³-hybridized carbons (Fsp3) is 0.286. The third-order valence-electron chi connectivity index (χ3n) is 5.25. The third kappa shape index (κ3) is 11.0. The van der Waals surface area contributed by atoms with E-state index in [9.17, 15) is 9.59 Å². The van der Waals surface area contributed by atoms with Crippen LogP contribution in [0.15, 0.2) is 77.9 Å². The number of amidine groups is 1. The summed E-state index contributed by atoms with van der Waals surface area (Å²) in [5.74, 6) is -0.780. The molecule has 12 heteroatoms. The number of aromatic nitrogens is 1. The maximum atomic E-state index is 12.7. The third-order valence-corrected chi connectivity index (χ3v) is 6.64. The van der Waals surface area contributed by atoms with Gasteiger partial charge in [0.15, 0.2) is 18.1 Å². The number of aliphatic imine (C=N–C) groups is 1. The van der Waals surface area contributed by atoms with Crippen LogP contribution in [0.25, 0.3) is 17.0 Å². The molecule has 3 aromatic rings. The number of nitrogens with one attached hydrogen (secondary N) is 2. The Morgan fingerprint density at radius 1 is 1.10 bits per heavy atom. The lowest BCUT2D eigenvalue weighted by atomic mass is 10.2. The van der Waals surface area contributed by atoms with E-state index in [0.717, 1.165) is 35.6 Å². The molecule has 3 rings (SSSR count). The number of unbranched alkanes of at least 4 members (excludes halogenated alkanes) is 1. The van der Waals surface area contributed by atoms with Crippen LogP contribution in [0, 0.1) is 0 Å². The Morgan fingerprint density at radius 3 is 2.62 bits per heavy atom. The number of alkyl halides is 3. The van der Waals surface area contributed by atoms with Crippen molar-refractivity contribution in [3.05, 3.63) is 78.5 Å². The molecule has 2 aromatic carbocycles. The Kier molecular flexibility index (Phi) is 13.0. The summed E-state index contributed by atoms with van der Waals surface area (Å²) in [5.41, 5.74) is 2.18. The number of pyridine rings is 1. The van der Waals surface area contributed by atoms with E-state index >= 15 is 0 Å². The molecule has 1 amide bonds. The quantitative estimate of drug-likeness (QED) is 0.0429. The lowest BCUT2D eigenvalue weighted by Crippen LogP contribution is -2.42. The zero-order valence-electron chi connectivity index (χ0n) is 21.7. The number of anilines is 1. The minimum absolute atomic E-state index is 0.0551. The number of ether oxygens (including phenoxy) is 2. The Bertz CT molecular complexity index is 1310. The molecule has 0 fully saturated rings. The van der Waals surface area contributed by atoms with Crippen molar-refractivity contribution in [3.8, 4) is 0 Å². The summed E-state index contributed by atoms with van der Waals surface area (Å²) in [7, 11) is 0. The second-order valence-corrected chi connectivity index (χ2v) is 11.6. The Morgan fingerprint density at radius 2 is 1.88 bits per heavy atom. The number of carbonyl (C=O) groups excluding carboxylic acids is 2. The fourth-order valence-corrected chi connectivity index (χ4v) is 4.22. The van der Waals surface area contributed by atoms with E-state index in [0.29, 0.717) is 17.6 Å². The van der Waals surface area contributed by atoms with Crippen LogP contribution in [-0.2, 0) is 19.1 Å². The van der Waals surface area contributed by atoms with Gasteiger partial charge in [-0.05, 0) is 30.2 Å². The molecule has 0 saturated carbocycles. The van der Waals surface area contributed by atoms with Crippen molar-refractivity contribution in [2.45, 2.75) is 36.1 Å². The summed E-state index contributed by atoms with van der Waals surface area (Å²) in [6.45, 7) is 1.78. The summed E-state index contributed by atoms with van der Waals surface area (Å²) in [6, 6.07) is 18.7.